The van der Waals surface area contributed by atoms with E-state index >= 15 is 0 Å². The standard InChI is InChI=1S/C20H23N5O2/c1-4-11-21-13-16-7-10-18(19(12-16)26-3)27-14-20-22-23-24-25(20)17-8-5-15(2)6-9-17/h4-10,12,21H,1,11,13-14H2,2-3H3/p+1. The van der Waals surface area contributed by atoms with Crippen LogP contribution in [0.1, 0.15) is 17.0 Å². The monoisotopic (exact) mass is 366 g/mol. The van der Waals surface area contributed by atoms with Gasteiger partial charge in [0.25, 0.3) is 0 Å². The first kappa shape index (κ1) is 18.6. The molecule has 0 saturated heterocycles. The lowest BCUT2D eigenvalue weighted by molar-refractivity contribution is -0.662. The Morgan fingerprint density at radius 2 is 1.96 bits per heavy atom. The van der Waals surface area contributed by atoms with Crippen LogP contribution < -0.4 is 14.8 Å². The van der Waals surface area contributed by atoms with Crippen molar-refractivity contribution in [1.82, 2.24) is 20.2 Å². The smallest absolute Gasteiger partial charge is 0.194 e. The number of hydrogen-bond donors (Lipinski definition) is 1. The van der Waals surface area contributed by atoms with E-state index in [9.17, 15) is 0 Å². The van der Waals surface area contributed by atoms with Crippen molar-refractivity contribution in [3.05, 3.63) is 72.1 Å². The van der Waals surface area contributed by atoms with Crippen LogP contribution in [-0.4, -0.2) is 33.9 Å². The molecule has 2 N–H and O–H groups in total. The lowest BCUT2D eigenvalue weighted by atomic mass is 10.2. The number of nitrogens with two attached hydrogens (primary N) is 1. The van der Waals surface area contributed by atoms with E-state index in [0.717, 1.165) is 24.3 Å². The van der Waals surface area contributed by atoms with E-state index in [1.807, 2.05) is 55.5 Å². The zero-order valence-corrected chi connectivity index (χ0v) is 15.6. The number of hydrogen-bond acceptors (Lipinski definition) is 5. The second-order valence-electron chi connectivity index (χ2n) is 6.13. The van der Waals surface area contributed by atoms with E-state index in [1.54, 1.807) is 11.8 Å². The maximum Gasteiger partial charge on any atom is 0.194 e. The molecule has 0 radical (unpaired) electrons. The van der Waals surface area contributed by atoms with Crippen LogP contribution in [0.25, 0.3) is 5.69 Å². The van der Waals surface area contributed by atoms with Crippen molar-refractivity contribution in [2.24, 2.45) is 0 Å². The van der Waals surface area contributed by atoms with Crippen LogP contribution in [0, 0.1) is 6.92 Å². The highest BCUT2D eigenvalue weighted by Gasteiger charge is 2.12. The molecular formula is C20H24N5O2+. The number of methoxy groups -OCH3 is 1. The highest BCUT2D eigenvalue weighted by atomic mass is 16.5. The summed E-state index contributed by atoms with van der Waals surface area (Å²) in [5.74, 6) is 1.96. The Balaban J connectivity index is 1.71. The summed E-state index contributed by atoms with van der Waals surface area (Å²) in [6, 6.07) is 13.9. The number of ether oxygens (including phenoxy) is 2. The number of rotatable bonds is 9. The first-order chi connectivity index (χ1) is 13.2. The van der Waals surface area contributed by atoms with Gasteiger partial charge in [-0.3, -0.25) is 0 Å². The molecule has 140 valence electrons. The molecule has 0 saturated carbocycles. The first-order valence-corrected chi connectivity index (χ1v) is 8.78. The number of aromatic nitrogens is 4. The summed E-state index contributed by atoms with van der Waals surface area (Å²) in [4.78, 5) is 0. The molecule has 0 unspecified atom stereocenters. The molecule has 0 atom stereocenters. The number of quaternary nitrogens is 1. The maximum absolute atomic E-state index is 5.92. The molecule has 7 nitrogen and oxygen atoms in total. The molecule has 0 aliphatic rings. The van der Waals surface area contributed by atoms with Crippen LogP contribution in [-0.2, 0) is 13.2 Å². The fourth-order valence-corrected chi connectivity index (χ4v) is 2.65. The van der Waals surface area contributed by atoms with E-state index in [4.69, 9.17) is 9.47 Å². The van der Waals surface area contributed by atoms with E-state index < -0.39 is 0 Å². The fourth-order valence-electron chi connectivity index (χ4n) is 2.65. The minimum absolute atomic E-state index is 0.235. The second kappa shape index (κ2) is 8.95. The molecule has 2 aromatic carbocycles. The molecule has 0 amide bonds. The van der Waals surface area contributed by atoms with Gasteiger partial charge in [0.2, 0.25) is 0 Å². The molecule has 0 fully saturated rings. The van der Waals surface area contributed by atoms with Gasteiger partial charge in [-0.1, -0.05) is 24.3 Å². The van der Waals surface area contributed by atoms with Gasteiger partial charge in [0.1, 0.15) is 6.54 Å². The molecule has 0 bridgehead atoms. The molecule has 7 heteroatoms. The third kappa shape index (κ3) is 4.71. The van der Waals surface area contributed by atoms with Crippen molar-refractivity contribution in [1.29, 1.82) is 0 Å². The van der Waals surface area contributed by atoms with Crippen LogP contribution in [0.15, 0.2) is 55.1 Å². The summed E-state index contributed by atoms with van der Waals surface area (Å²) < 4.78 is 13.1. The van der Waals surface area contributed by atoms with Crippen LogP contribution in [0.3, 0.4) is 0 Å². The largest absolute Gasteiger partial charge is 0.493 e. The summed E-state index contributed by atoms with van der Waals surface area (Å²) in [5.41, 5.74) is 3.23. The van der Waals surface area contributed by atoms with E-state index in [-0.39, 0.29) is 6.61 Å². The van der Waals surface area contributed by atoms with E-state index in [0.29, 0.717) is 17.3 Å². The lowest BCUT2D eigenvalue weighted by Gasteiger charge is -2.12. The van der Waals surface area contributed by atoms with Gasteiger partial charge in [-0.15, -0.1) is 5.10 Å². The molecule has 3 rings (SSSR count). The van der Waals surface area contributed by atoms with Crippen molar-refractivity contribution in [3.63, 3.8) is 0 Å². The van der Waals surface area contributed by atoms with Crippen LogP contribution in [0.2, 0.25) is 0 Å². The van der Waals surface area contributed by atoms with Crippen molar-refractivity contribution in [3.8, 4) is 17.2 Å². The topological polar surface area (TPSA) is 78.7 Å². The molecule has 3 aromatic rings. The summed E-state index contributed by atoms with van der Waals surface area (Å²) in [7, 11) is 1.63. The third-order valence-corrected chi connectivity index (χ3v) is 4.11. The number of benzene rings is 2. The Morgan fingerprint density at radius 1 is 1.15 bits per heavy atom. The SMILES string of the molecule is C=CC[NH2+]Cc1ccc(OCc2nnnn2-c2ccc(C)cc2)c(OC)c1. The van der Waals surface area contributed by atoms with Gasteiger partial charge in [-0.05, 0) is 53.8 Å². The Labute approximate surface area is 158 Å². The Morgan fingerprint density at radius 3 is 2.70 bits per heavy atom. The van der Waals surface area contributed by atoms with Gasteiger partial charge in [0.15, 0.2) is 23.9 Å². The Hall–Kier alpha value is -3.19. The molecule has 1 heterocycles. The normalized spacial score (nSPS) is 10.6. The molecular weight excluding hydrogens is 342 g/mol. The molecule has 27 heavy (non-hydrogen) atoms. The third-order valence-electron chi connectivity index (χ3n) is 4.11. The van der Waals surface area contributed by atoms with E-state index in [1.165, 1.54) is 5.56 Å². The van der Waals surface area contributed by atoms with Crippen LogP contribution in [0.5, 0.6) is 11.5 Å². The summed E-state index contributed by atoms with van der Waals surface area (Å²) >= 11 is 0. The fraction of sp³-hybridized carbons (Fsp3) is 0.250. The molecule has 0 aliphatic heterocycles. The van der Waals surface area contributed by atoms with Gasteiger partial charge in [0, 0.05) is 5.56 Å². The van der Waals surface area contributed by atoms with Crippen molar-refractivity contribution >= 4 is 0 Å². The average Bonchev–Trinajstić information content (AvgIpc) is 3.16. The minimum Gasteiger partial charge on any atom is -0.493 e. The van der Waals surface area contributed by atoms with Gasteiger partial charge in [0.05, 0.1) is 19.3 Å². The summed E-state index contributed by atoms with van der Waals surface area (Å²) in [6.07, 6.45) is 1.88. The second-order valence-corrected chi connectivity index (χ2v) is 6.13. The van der Waals surface area contributed by atoms with Gasteiger partial charge < -0.3 is 14.8 Å². The van der Waals surface area contributed by atoms with E-state index in [2.05, 4.69) is 27.4 Å². The molecule has 1 aromatic heterocycles. The minimum atomic E-state index is 0.235. The van der Waals surface area contributed by atoms with Crippen LogP contribution >= 0.6 is 0 Å². The lowest BCUT2D eigenvalue weighted by Crippen LogP contribution is -2.82. The van der Waals surface area contributed by atoms with Crippen LogP contribution in [0.4, 0.5) is 0 Å². The predicted molar refractivity (Wildman–Crippen MR) is 102 cm³/mol. The quantitative estimate of drug-likeness (QED) is 0.462. The Bertz CT molecular complexity index is 890. The Kier molecular flexibility index (Phi) is 6.17. The maximum atomic E-state index is 5.92. The number of aryl methyl sites for hydroxylation is 1. The number of tetrazole rings is 1. The highest BCUT2D eigenvalue weighted by Crippen LogP contribution is 2.28. The molecule has 0 spiro atoms. The first-order valence-electron chi connectivity index (χ1n) is 8.78. The predicted octanol–water partition coefficient (Wildman–Crippen LogP) is 1.81. The van der Waals surface area contributed by atoms with Crippen molar-refractivity contribution < 1.29 is 14.8 Å². The zero-order valence-electron chi connectivity index (χ0n) is 15.6. The van der Waals surface area contributed by atoms with Gasteiger partial charge in [-0.2, -0.15) is 4.68 Å². The van der Waals surface area contributed by atoms with Gasteiger partial charge >= 0.3 is 0 Å². The van der Waals surface area contributed by atoms with Crippen molar-refractivity contribution in [2.75, 3.05) is 13.7 Å². The van der Waals surface area contributed by atoms with Gasteiger partial charge in [-0.25, -0.2) is 0 Å². The summed E-state index contributed by atoms with van der Waals surface area (Å²) in [6.45, 7) is 7.74. The summed E-state index contributed by atoms with van der Waals surface area (Å²) in [5, 5.41) is 14.1. The number of nitrogens with zero attached hydrogens (tertiary/aromatic N) is 4. The highest BCUT2D eigenvalue weighted by molar-refractivity contribution is 5.43. The molecule has 0 aliphatic carbocycles. The zero-order chi connectivity index (χ0) is 19.1. The van der Waals surface area contributed by atoms with Crippen molar-refractivity contribution in [2.45, 2.75) is 20.1 Å². The average molecular weight is 366 g/mol.